The molecule has 0 radical (unpaired) electrons. The number of furan rings is 1. The van der Waals surface area contributed by atoms with E-state index in [-0.39, 0.29) is 11.3 Å². The molecule has 1 aromatic heterocycles. The predicted octanol–water partition coefficient (Wildman–Crippen LogP) is 1.32. The first-order valence-electron chi connectivity index (χ1n) is 5.15. The Morgan fingerprint density at radius 3 is 2.87 bits per heavy atom. The molecular formula is C11H15NO3. The molecule has 1 aliphatic heterocycles. The Kier molecular flexibility index (Phi) is 2.77. The number of carbonyl (C=O) groups excluding carboxylic acids is 1. The van der Waals surface area contributed by atoms with Crippen molar-refractivity contribution in [3.05, 3.63) is 24.2 Å². The van der Waals surface area contributed by atoms with Gasteiger partial charge in [-0.05, 0) is 18.6 Å². The molecule has 2 rings (SSSR count). The van der Waals surface area contributed by atoms with Crippen molar-refractivity contribution in [3.63, 3.8) is 0 Å². The van der Waals surface area contributed by atoms with Crippen molar-refractivity contribution in [2.24, 2.45) is 5.41 Å². The molecule has 0 aliphatic carbocycles. The Morgan fingerprint density at radius 1 is 1.60 bits per heavy atom. The van der Waals surface area contributed by atoms with Crippen LogP contribution in [0.2, 0.25) is 0 Å². The van der Waals surface area contributed by atoms with Crippen molar-refractivity contribution < 1.29 is 13.9 Å². The maximum absolute atomic E-state index is 11.8. The molecule has 0 spiro atoms. The minimum atomic E-state index is -0.299. The van der Waals surface area contributed by atoms with Crippen molar-refractivity contribution >= 4 is 5.91 Å². The van der Waals surface area contributed by atoms with E-state index in [4.69, 9.17) is 9.15 Å². The fourth-order valence-corrected chi connectivity index (χ4v) is 1.61. The maximum Gasteiger partial charge on any atom is 0.231 e. The van der Waals surface area contributed by atoms with Gasteiger partial charge in [0.2, 0.25) is 5.91 Å². The van der Waals surface area contributed by atoms with Crippen molar-refractivity contribution in [3.8, 4) is 0 Å². The zero-order chi connectivity index (χ0) is 10.7. The van der Waals surface area contributed by atoms with Gasteiger partial charge in [0.15, 0.2) is 0 Å². The summed E-state index contributed by atoms with van der Waals surface area (Å²) in [5.74, 6) is 0.836. The summed E-state index contributed by atoms with van der Waals surface area (Å²) < 4.78 is 10.2. The van der Waals surface area contributed by atoms with Gasteiger partial charge in [-0.1, -0.05) is 6.92 Å². The van der Waals surface area contributed by atoms with Gasteiger partial charge in [0.25, 0.3) is 0 Å². The molecule has 1 amide bonds. The Bertz CT molecular complexity index is 322. The summed E-state index contributed by atoms with van der Waals surface area (Å²) in [7, 11) is 0. The average molecular weight is 209 g/mol. The number of nitrogens with one attached hydrogen (secondary N) is 1. The van der Waals surface area contributed by atoms with Crippen LogP contribution in [0.15, 0.2) is 22.8 Å². The van der Waals surface area contributed by atoms with E-state index in [0.29, 0.717) is 19.8 Å². The lowest BCUT2D eigenvalue weighted by Crippen LogP contribution is -2.53. The monoisotopic (exact) mass is 209 g/mol. The lowest BCUT2D eigenvalue weighted by Gasteiger charge is -2.38. The molecule has 0 atom stereocenters. The van der Waals surface area contributed by atoms with Gasteiger partial charge in [-0.2, -0.15) is 0 Å². The molecule has 0 unspecified atom stereocenters. The molecule has 1 saturated heterocycles. The second-order valence-corrected chi connectivity index (χ2v) is 3.89. The van der Waals surface area contributed by atoms with E-state index in [1.165, 1.54) is 0 Å². The number of hydrogen-bond donors (Lipinski definition) is 1. The van der Waals surface area contributed by atoms with E-state index in [9.17, 15) is 4.79 Å². The van der Waals surface area contributed by atoms with Crippen molar-refractivity contribution in [2.45, 2.75) is 19.9 Å². The Balaban J connectivity index is 1.87. The molecule has 0 saturated carbocycles. The summed E-state index contributed by atoms with van der Waals surface area (Å²) in [4.78, 5) is 11.8. The summed E-state index contributed by atoms with van der Waals surface area (Å²) in [6.07, 6.45) is 2.42. The van der Waals surface area contributed by atoms with Gasteiger partial charge in [-0.25, -0.2) is 0 Å². The van der Waals surface area contributed by atoms with Gasteiger partial charge in [0.1, 0.15) is 5.76 Å². The van der Waals surface area contributed by atoms with Gasteiger partial charge in [0, 0.05) is 0 Å². The van der Waals surface area contributed by atoms with Gasteiger partial charge >= 0.3 is 0 Å². The molecule has 15 heavy (non-hydrogen) atoms. The summed E-state index contributed by atoms with van der Waals surface area (Å²) in [6, 6.07) is 3.65. The molecule has 4 nitrogen and oxygen atoms in total. The first kappa shape index (κ1) is 10.2. The van der Waals surface area contributed by atoms with Crippen LogP contribution in [0.5, 0.6) is 0 Å². The highest BCUT2D eigenvalue weighted by molar-refractivity contribution is 5.83. The quantitative estimate of drug-likeness (QED) is 0.813. The van der Waals surface area contributed by atoms with Crippen LogP contribution >= 0.6 is 0 Å². The molecule has 82 valence electrons. The minimum absolute atomic E-state index is 0.0626. The molecule has 2 heterocycles. The van der Waals surface area contributed by atoms with Crippen LogP contribution in [0, 0.1) is 5.41 Å². The standard InChI is InChI=1S/C11H15NO3/c1-2-11(7-14-8-11)10(13)12-6-9-4-3-5-15-9/h3-5H,2,6-8H2,1H3,(H,12,13). The van der Waals surface area contributed by atoms with E-state index in [0.717, 1.165) is 12.2 Å². The highest BCUT2D eigenvalue weighted by Gasteiger charge is 2.43. The van der Waals surface area contributed by atoms with Crippen LogP contribution in [0.1, 0.15) is 19.1 Å². The Morgan fingerprint density at radius 2 is 2.40 bits per heavy atom. The number of rotatable bonds is 4. The van der Waals surface area contributed by atoms with Crippen molar-refractivity contribution in [2.75, 3.05) is 13.2 Å². The zero-order valence-corrected chi connectivity index (χ0v) is 8.79. The smallest absolute Gasteiger partial charge is 0.231 e. The molecule has 1 fully saturated rings. The molecule has 0 bridgehead atoms. The van der Waals surface area contributed by atoms with Crippen LogP contribution in [-0.4, -0.2) is 19.1 Å². The highest BCUT2D eigenvalue weighted by Crippen LogP contribution is 2.31. The number of ether oxygens (including phenoxy) is 1. The molecule has 1 N–H and O–H groups in total. The van der Waals surface area contributed by atoms with E-state index in [2.05, 4.69) is 5.32 Å². The topological polar surface area (TPSA) is 51.5 Å². The second kappa shape index (κ2) is 4.06. The van der Waals surface area contributed by atoms with E-state index < -0.39 is 0 Å². The molecule has 0 aromatic carbocycles. The average Bonchev–Trinajstić information content (AvgIpc) is 2.66. The van der Waals surface area contributed by atoms with Crippen LogP contribution in [0.25, 0.3) is 0 Å². The fraction of sp³-hybridized carbons (Fsp3) is 0.545. The Labute approximate surface area is 88.6 Å². The van der Waals surface area contributed by atoms with Gasteiger partial charge in [-0.15, -0.1) is 0 Å². The van der Waals surface area contributed by atoms with Crippen molar-refractivity contribution in [1.29, 1.82) is 0 Å². The SMILES string of the molecule is CCC1(C(=O)NCc2ccco2)COC1. The number of carbonyl (C=O) groups is 1. The third kappa shape index (κ3) is 1.90. The highest BCUT2D eigenvalue weighted by atomic mass is 16.5. The summed E-state index contributed by atoms with van der Waals surface area (Å²) in [5.41, 5.74) is -0.299. The second-order valence-electron chi connectivity index (χ2n) is 3.89. The number of hydrogen-bond acceptors (Lipinski definition) is 3. The summed E-state index contributed by atoms with van der Waals surface area (Å²) in [6.45, 7) is 3.53. The lowest BCUT2D eigenvalue weighted by molar-refractivity contribution is -0.162. The van der Waals surface area contributed by atoms with Crippen LogP contribution in [0.4, 0.5) is 0 Å². The molecule has 4 heteroatoms. The van der Waals surface area contributed by atoms with Crippen molar-refractivity contribution in [1.82, 2.24) is 5.32 Å². The van der Waals surface area contributed by atoms with Crippen LogP contribution in [-0.2, 0) is 16.1 Å². The third-order valence-electron chi connectivity index (χ3n) is 2.92. The summed E-state index contributed by atoms with van der Waals surface area (Å²) in [5, 5.41) is 2.87. The zero-order valence-electron chi connectivity index (χ0n) is 8.79. The predicted molar refractivity (Wildman–Crippen MR) is 54.1 cm³/mol. The molecular weight excluding hydrogens is 194 g/mol. The van der Waals surface area contributed by atoms with Gasteiger partial charge < -0.3 is 14.5 Å². The van der Waals surface area contributed by atoms with Crippen LogP contribution in [0.3, 0.4) is 0 Å². The largest absolute Gasteiger partial charge is 0.467 e. The normalized spacial score (nSPS) is 18.2. The summed E-state index contributed by atoms with van der Waals surface area (Å²) >= 11 is 0. The van der Waals surface area contributed by atoms with E-state index in [1.54, 1.807) is 6.26 Å². The van der Waals surface area contributed by atoms with E-state index in [1.807, 2.05) is 19.1 Å². The minimum Gasteiger partial charge on any atom is -0.467 e. The number of amides is 1. The molecule has 1 aliphatic rings. The maximum atomic E-state index is 11.8. The van der Waals surface area contributed by atoms with Gasteiger partial charge in [0.05, 0.1) is 31.4 Å². The first-order chi connectivity index (χ1) is 7.27. The third-order valence-corrected chi connectivity index (χ3v) is 2.92. The van der Waals surface area contributed by atoms with E-state index >= 15 is 0 Å². The van der Waals surface area contributed by atoms with Gasteiger partial charge in [-0.3, -0.25) is 4.79 Å². The molecule has 1 aromatic rings. The lowest BCUT2D eigenvalue weighted by atomic mass is 9.82. The first-order valence-corrected chi connectivity index (χ1v) is 5.15. The fourth-order valence-electron chi connectivity index (χ4n) is 1.61. The van der Waals surface area contributed by atoms with Crippen LogP contribution < -0.4 is 5.32 Å². The Hall–Kier alpha value is -1.29.